The summed E-state index contributed by atoms with van der Waals surface area (Å²) in [7, 11) is 3.38. The molecular weight excluding hydrogens is 498 g/mol. The minimum absolute atomic E-state index is 0.133. The van der Waals surface area contributed by atoms with Crippen LogP contribution in [0.3, 0.4) is 0 Å². The number of hydrogen-bond acceptors (Lipinski definition) is 8. The van der Waals surface area contributed by atoms with Gasteiger partial charge in [0, 0.05) is 69.4 Å². The van der Waals surface area contributed by atoms with E-state index in [1.807, 2.05) is 47.4 Å². The molecule has 0 atom stereocenters. The standard InChI is InChI=1S/C29H35N5O3S/c1-36-20-24-19-27(33-17-15-32(16-18-33)25-9-11-26(37-2)12-10-25)31-29(30-24)38-21-22-5-7-23(8-6-22)28(35)34-13-3-4-14-34/h5-12,19H,3-4,13-18,20-21H2,1-2H3. The third-order valence-corrected chi connectivity index (χ3v) is 7.96. The van der Waals surface area contributed by atoms with Gasteiger partial charge >= 0.3 is 0 Å². The Morgan fingerprint density at radius 2 is 1.55 bits per heavy atom. The summed E-state index contributed by atoms with van der Waals surface area (Å²) in [6.07, 6.45) is 2.20. The van der Waals surface area contributed by atoms with Crippen molar-refractivity contribution in [2.24, 2.45) is 0 Å². The largest absolute Gasteiger partial charge is 0.497 e. The summed E-state index contributed by atoms with van der Waals surface area (Å²) >= 11 is 1.61. The average molecular weight is 534 g/mol. The number of thioether (sulfide) groups is 1. The molecule has 0 N–H and O–H groups in total. The first-order chi connectivity index (χ1) is 18.6. The van der Waals surface area contributed by atoms with E-state index in [9.17, 15) is 4.79 Å². The molecule has 0 unspecified atom stereocenters. The van der Waals surface area contributed by atoms with Gasteiger partial charge in [0.1, 0.15) is 11.6 Å². The lowest BCUT2D eigenvalue weighted by atomic mass is 10.1. The fourth-order valence-corrected chi connectivity index (χ4v) is 5.72. The normalized spacial score (nSPS) is 15.7. The number of aromatic nitrogens is 2. The fraction of sp³-hybridized carbons (Fsp3) is 0.414. The van der Waals surface area contributed by atoms with Gasteiger partial charge in [-0.05, 0) is 54.8 Å². The van der Waals surface area contributed by atoms with Crippen molar-refractivity contribution in [1.82, 2.24) is 14.9 Å². The molecule has 1 aromatic heterocycles. The van der Waals surface area contributed by atoms with Gasteiger partial charge in [0.2, 0.25) is 0 Å². The van der Waals surface area contributed by atoms with Crippen molar-refractivity contribution in [2.75, 3.05) is 63.3 Å². The monoisotopic (exact) mass is 533 g/mol. The highest BCUT2D eigenvalue weighted by molar-refractivity contribution is 7.98. The molecule has 2 aliphatic heterocycles. The number of piperazine rings is 1. The van der Waals surface area contributed by atoms with Crippen LogP contribution < -0.4 is 14.5 Å². The minimum Gasteiger partial charge on any atom is -0.497 e. The topological polar surface area (TPSA) is 71.0 Å². The average Bonchev–Trinajstić information content (AvgIpc) is 3.52. The van der Waals surface area contributed by atoms with Crippen LogP contribution in [0.25, 0.3) is 0 Å². The lowest BCUT2D eigenvalue weighted by molar-refractivity contribution is 0.0793. The number of carbonyl (C=O) groups excluding carboxylic acids is 1. The fourth-order valence-electron chi connectivity index (χ4n) is 4.89. The number of benzene rings is 2. The Bertz CT molecular complexity index is 1210. The van der Waals surface area contributed by atoms with Crippen molar-refractivity contribution in [2.45, 2.75) is 30.4 Å². The highest BCUT2D eigenvalue weighted by Gasteiger charge is 2.21. The van der Waals surface area contributed by atoms with Gasteiger partial charge in [0.25, 0.3) is 5.91 Å². The number of likely N-dealkylation sites (tertiary alicyclic amines) is 1. The molecule has 3 heterocycles. The van der Waals surface area contributed by atoms with Gasteiger partial charge < -0.3 is 24.2 Å². The summed E-state index contributed by atoms with van der Waals surface area (Å²) in [5, 5.41) is 0.740. The van der Waals surface area contributed by atoms with E-state index < -0.39 is 0 Å². The van der Waals surface area contributed by atoms with Crippen LogP contribution in [0.1, 0.15) is 34.5 Å². The van der Waals surface area contributed by atoms with Crippen LogP contribution >= 0.6 is 11.8 Å². The maximum atomic E-state index is 12.6. The van der Waals surface area contributed by atoms with Crippen molar-refractivity contribution in [3.8, 4) is 5.75 Å². The van der Waals surface area contributed by atoms with Gasteiger partial charge in [0.15, 0.2) is 5.16 Å². The van der Waals surface area contributed by atoms with Crippen LogP contribution in [0.4, 0.5) is 11.5 Å². The molecule has 9 heteroatoms. The second kappa shape index (κ2) is 12.5. The molecule has 0 spiro atoms. The van der Waals surface area contributed by atoms with E-state index in [1.54, 1.807) is 26.0 Å². The Morgan fingerprint density at radius 1 is 0.868 bits per heavy atom. The predicted molar refractivity (Wildman–Crippen MR) is 151 cm³/mol. The van der Waals surface area contributed by atoms with E-state index in [1.165, 1.54) is 5.69 Å². The number of nitrogens with zero attached hydrogens (tertiary/aromatic N) is 5. The first-order valence-corrected chi connectivity index (χ1v) is 14.1. The van der Waals surface area contributed by atoms with Crippen LogP contribution in [0.2, 0.25) is 0 Å². The Labute approximate surface area is 229 Å². The number of amides is 1. The lowest BCUT2D eigenvalue weighted by Crippen LogP contribution is -2.46. The molecule has 2 aliphatic rings. The molecule has 0 radical (unpaired) electrons. The van der Waals surface area contributed by atoms with Crippen LogP contribution in [0.5, 0.6) is 5.75 Å². The van der Waals surface area contributed by atoms with Gasteiger partial charge in [0.05, 0.1) is 19.4 Å². The molecule has 3 aromatic rings. The smallest absolute Gasteiger partial charge is 0.253 e. The lowest BCUT2D eigenvalue weighted by Gasteiger charge is -2.37. The number of hydrogen-bond donors (Lipinski definition) is 0. The molecule has 0 saturated carbocycles. The van der Waals surface area contributed by atoms with E-state index in [-0.39, 0.29) is 5.91 Å². The zero-order valence-corrected chi connectivity index (χ0v) is 23.0. The van der Waals surface area contributed by atoms with Gasteiger partial charge in [-0.25, -0.2) is 9.97 Å². The zero-order valence-electron chi connectivity index (χ0n) is 22.1. The van der Waals surface area contributed by atoms with Crippen molar-refractivity contribution < 1.29 is 14.3 Å². The summed E-state index contributed by atoms with van der Waals surface area (Å²) in [6.45, 7) is 5.77. The second-order valence-electron chi connectivity index (χ2n) is 9.59. The molecule has 2 fully saturated rings. The van der Waals surface area contributed by atoms with Crippen LogP contribution in [0.15, 0.2) is 59.8 Å². The highest BCUT2D eigenvalue weighted by atomic mass is 32.2. The number of anilines is 2. The van der Waals surface area contributed by atoms with Gasteiger partial charge in [-0.1, -0.05) is 23.9 Å². The number of rotatable bonds is 9. The maximum Gasteiger partial charge on any atom is 0.253 e. The van der Waals surface area contributed by atoms with Gasteiger partial charge in [-0.15, -0.1) is 0 Å². The van der Waals surface area contributed by atoms with Gasteiger partial charge in [-0.3, -0.25) is 4.79 Å². The van der Waals surface area contributed by atoms with Crippen molar-refractivity contribution in [1.29, 1.82) is 0 Å². The third kappa shape index (κ3) is 6.39. The first kappa shape index (κ1) is 26.3. The SMILES string of the molecule is COCc1cc(N2CCN(c3ccc(OC)cc3)CC2)nc(SCc2ccc(C(=O)N3CCCC3)cc2)n1. The zero-order chi connectivity index (χ0) is 26.3. The van der Waals surface area contributed by atoms with Crippen LogP contribution in [-0.4, -0.2) is 74.3 Å². The van der Waals surface area contributed by atoms with Crippen molar-refractivity contribution >= 4 is 29.2 Å². The van der Waals surface area contributed by atoms with E-state index >= 15 is 0 Å². The summed E-state index contributed by atoms with van der Waals surface area (Å²) in [5.74, 6) is 2.68. The van der Waals surface area contributed by atoms with Crippen molar-refractivity contribution in [3.05, 3.63) is 71.4 Å². The molecule has 38 heavy (non-hydrogen) atoms. The molecular formula is C29H35N5O3S. The first-order valence-electron chi connectivity index (χ1n) is 13.1. The molecule has 200 valence electrons. The predicted octanol–water partition coefficient (Wildman–Crippen LogP) is 4.49. The molecule has 2 aromatic carbocycles. The molecule has 5 rings (SSSR count). The third-order valence-electron chi connectivity index (χ3n) is 7.04. The maximum absolute atomic E-state index is 12.6. The summed E-state index contributed by atoms with van der Waals surface area (Å²) in [6, 6.07) is 18.2. The van der Waals surface area contributed by atoms with Crippen molar-refractivity contribution in [3.63, 3.8) is 0 Å². The molecule has 0 aliphatic carbocycles. The van der Waals surface area contributed by atoms with Gasteiger partial charge in [-0.2, -0.15) is 0 Å². The van der Waals surface area contributed by atoms with E-state index in [0.29, 0.717) is 6.61 Å². The quantitative estimate of drug-likeness (QED) is 0.294. The summed E-state index contributed by atoms with van der Waals surface area (Å²) < 4.78 is 10.7. The van der Waals surface area contributed by atoms with Crippen LogP contribution in [-0.2, 0) is 17.1 Å². The highest BCUT2D eigenvalue weighted by Crippen LogP contribution is 2.26. The molecule has 8 nitrogen and oxygen atoms in total. The number of ether oxygens (including phenoxy) is 2. The van der Waals surface area contributed by atoms with Crippen LogP contribution in [0, 0.1) is 0 Å². The molecule has 0 bridgehead atoms. The second-order valence-corrected chi connectivity index (χ2v) is 10.5. The minimum atomic E-state index is 0.133. The van der Waals surface area contributed by atoms with E-state index in [2.05, 4.69) is 21.9 Å². The van der Waals surface area contributed by atoms with E-state index in [4.69, 9.17) is 19.4 Å². The van der Waals surface area contributed by atoms with E-state index in [0.717, 1.165) is 91.4 Å². The molecule has 2 saturated heterocycles. The Kier molecular flexibility index (Phi) is 8.65. The summed E-state index contributed by atoms with van der Waals surface area (Å²) in [5.41, 5.74) is 3.99. The molecule has 1 amide bonds. The number of methoxy groups -OCH3 is 2. The summed E-state index contributed by atoms with van der Waals surface area (Å²) in [4.78, 5) is 28.9. The Balaban J connectivity index is 1.21. The number of carbonyl (C=O) groups is 1. The Hall–Kier alpha value is -3.30. The Morgan fingerprint density at radius 3 is 2.21 bits per heavy atom.